The number of hydrogen-bond donors (Lipinski definition) is 2. The first kappa shape index (κ1) is 12.2. The van der Waals surface area contributed by atoms with Gasteiger partial charge in [-0.1, -0.05) is 19.9 Å². The lowest BCUT2D eigenvalue weighted by Crippen LogP contribution is -2.29. The average molecular weight is 230 g/mol. The Hall–Kier alpha value is -1.28. The summed E-state index contributed by atoms with van der Waals surface area (Å²) in [5, 5.41) is 1.27. The number of nitrogens with one attached hydrogen (secondary N) is 1. The molecule has 0 aliphatic heterocycles. The standard InChI is InChI=1S/C15H22N2/c1-9(2)11-6-7-13-12(8-11)14(10(3)17-13)15(4,5)16/h6-9,17H,16H2,1-5H3. The summed E-state index contributed by atoms with van der Waals surface area (Å²) in [7, 11) is 0. The lowest BCUT2D eigenvalue weighted by atomic mass is 9.91. The minimum atomic E-state index is -0.308. The molecule has 0 saturated carbocycles. The van der Waals surface area contributed by atoms with Crippen LogP contribution in [0.2, 0.25) is 0 Å². The first-order chi connectivity index (χ1) is 7.80. The van der Waals surface area contributed by atoms with Crippen LogP contribution in [-0.4, -0.2) is 4.98 Å². The summed E-state index contributed by atoms with van der Waals surface area (Å²) >= 11 is 0. The largest absolute Gasteiger partial charge is 0.358 e. The Labute approximate surface area is 103 Å². The molecule has 3 N–H and O–H groups in total. The number of aromatic nitrogens is 1. The van der Waals surface area contributed by atoms with Gasteiger partial charge in [0.1, 0.15) is 0 Å². The zero-order valence-corrected chi connectivity index (χ0v) is 11.4. The van der Waals surface area contributed by atoms with Crippen molar-refractivity contribution in [2.24, 2.45) is 5.73 Å². The van der Waals surface area contributed by atoms with Gasteiger partial charge < -0.3 is 10.7 Å². The van der Waals surface area contributed by atoms with Gasteiger partial charge in [-0.2, -0.15) is 0 Å². The average Bonchev–Trinajstić information content (AvgIpc) is 2.51. The van der Waals surface area contributed by atoms with Crippen molar-refractivity contribution in [3.05, 3.63) is 35.0 Å². The molecule has 2 rings (SSSR count). The third kappa shape index (κ3) is 2.09. The number of fused-ring (bicyclic) bond motifs is 1. The second-order valence-corrected chi connectivity index (χ2v) is 5.81. The first-order valence-electron chi connectivity index (χ1n) is 6.22. The number of hydrogen-bond acceptors (Lipinski definition) is 1. The van der Waals surface area contributed by atoms with E-state index in [0.717, 1.165) is 0 Å². The van der Waals surface area contributed by atoms with E-state index in [1.807, 2.05) is 0 Å². The highest BCUT2D eigenvalue weighted by Gasteiger charge is 2.22. The first-order valence-corrected chi connectivity index (χ1v) is 6.22. The molecule has 92 valence electrons. The smallest absolute Gasteiger partial charge is 0.0459 e. The van der Waals surface area contributed by atoms with Crippen LogP contribution >= 0.6 is 0 Å². The fourth-order valence-corrected chi connectivity index (χ4v) is 2.53. The van der Waals surface area contributed by atoms with E-state index in [2.05, 4.69) is 57.8 Å². The fourth-order valence-electron chi connectivity index (χ4n) is 2.53. The van der Waals surface area contributed by atoms with Crippen LogP contribution in [0, 0.1) is 6.92 Å². The van der Waals surface area contributed by atoms with E-state index < -0.39 is 0 Å². The molecular weight excluding hydrogens is 208 g/mol. The van der Waals surface area contributed by atoms with Crippen molar-refractivity contribution < 1.29 is 0 Å². The van der Waals surface area contributed by atoms with Crippen molar-refractivity contribution in [1.82, 2.24) is 4.98 Å². The molecule has 0 atom stereocenters. The summed E-state index contributed by atoms with van der Waals surface area (Å²) in [5.41, 5.74) is 10.9. The van der Waals surface area contributed by atoms with E-state index in [9.17, 15) is 0 Å². The molecule has 0 bridgehead atoms. The van der Waals surface area contributed by atoms with Gasteiger partial charge in [0.05, 0.1) is 0 Å². The molecule has 2 nitrogen and oxygen atoms in total. The highest BCUT2D eigenvalue weighted by molar-refractivity contribution is 5.86. The summed E-state index contributed by atoms with van der Waals surface area (Å²) in [6.07, 6.45) is 0. The molecule has 0 amide bonds. The zero-order chi connectivity index (χ0) is 12.8. The summed E-state index contributed by atoms with van der Waals surface area (Å²) in [6, 6.07) is 6.62. The molecule has 17 heavy (non-hydrogen) atoms. The fraction of sp³-hybridized carbons (Fsp3) is 0.467. The van der Waals surface area contributed by atoms with Crippen LogP contribution in [0.5, 0.6) is 0 Å². The van der Waals surface area contributed by atoms with Crippen LogP contribution in [0.25, 0.3) is 10.9 Å². The molecule has 0 spiro atoms. The highest BCUT2D eigenvalue weighted by atomic mass is 14.8. The second kappa shape index (κ2) is 3.88. The van der Waals surface area contributed by atoms with E-state index in [0.29, 0.717) is 5.92 Å². The van der Waals surface area contributed by atoms with E-state index in [1.54, 1.807) is 0 Å². The van der Waals surface area contributed by atoms with Crippen molar-refractivity contribution >= 4 is 10.9 Å². The Balaban J connectivity index is 2.74. The molecule has 0 fully saturated rings. The Morgan fingerprint density at radius 3 is 2.41 bits per heavy atom. The van der Waals surface area contributed by atoms with E-state index in [-0.39, 0.29) is 5.54 Å². The number of nitrogens with two attached hydrogens (primary N) is 1. The third-order valence-electron chi connectivity index (χ3n) is 3.32. The number of aromatic amines is 1. The molecule has 2 heteroatoms. The molecule has 0 aliphatic carbocycles. The maximum atomic E-state index is 6.27. The maximum absolute atomic E-state index is 6.27. The number of benzene rings is 1. The summed E-state index contributed by atoms with van der Waals surface area (Å²) < 4.78 is 0. The van der Waals surface area contributed by atoms with Gasteiger partial charge in [0, 0.05) is 22.1 Å². The van der Waals surface area contributed by atoms with Gasteiger partial charge in [-0.25, -0.2) is 0 Å². The molecule has 1 aromatic heterocycles. The zero-order valence-electron chi connectivity index (χ0n) is 11.4. The summed E-state index contributed by atoms with van der Waals surface area (Å²) in [6.45, 7) is 10.6. The Bertz CT molecular complexity index is 542. The van der Waals surface area contributed by atoms with Crippen LogP contribution in [0.3, 0.4) is 0 Å². The second-order valence-electron chi connectivity index (χ2n) is 5.81. The van der Waals surface area contributed by atoms with E-state index >= 15 is 0 Å². The van der Waals surface area contributed by atoms with Crippen LogP contribution in [0.4, 0.5) is 0 Å². The van der Waals surface area contributed by atoms with Gasteiger partial charge in [-0.05, 0) is 49.9 Å². The molecule has 1 heterocycles. The number of H-pyrrole nitrogens is 1. The molecule has 0 saturated heterocycles. The summed E-state index contributed by atoms with van der Waals surface area (Å²) in [4.78, 5) is 3.42. The van der Waals surface area contributed by atoms with Crippen molar-refractivity contribution in [2.45, 2.75) is 46.1 Å². The Kier molecular flexibility index (Phi) is 2.78. The van der Waals surface area contributed by atoms with Gasteiger partial charge in [-0.15, -0.1) is 0 Å². The van der Waals surface area contributed by atoms with Crippen molar-refractivity contribution in [1.29, 1.82) is 0 Å². The Morgan fingerprint density at radius 2 is 1.88 bits per heavy atom. The Morgan fingerprint density at radius 1 is 1.24 bits per heavy atom. The van der Waals surface area contributed by atoms with Gasteiger partial charge >= 0.3 is 0 Å². The van der Waals surface area contributed by atoms with Gasteiger partial charge in [-0.3, -0.25) is 0 Å². The van der Waals surface area contributed by atoms with Crippen molar-refractivity contribution in [2.75, 3.05) is 0 Å². The van der Waals surface area contributed by atoms with Crippen LogP contribution in [0.15, 0.2) is 18.2 Å². The minimum Gasteiger partial charge on any atom is -0.358 e. The minimum absolute atomic E-state index is 0.308. The molecule has 1 aromatic carbocycles. The highest BCUT2D eigenvalue weighted by Crippen LogP contribution is 2.32. The van der Waals surface area contributed by atoms with Gasteiger partial charge in [0.2, 0.25) is 0 Å². The summed E-state index contributed by atoms with van der Waals surface area (Å²) in [5.74, 6) is 0.545. The molecule has 0 radical (unpaired) electrons. The monoisotopic (exact) mass is 230 g/mol. The molecule has 0 unspecified atom stereocenters. The van der Waals surface area contributed by atoms with Crippen LogP contribution < -0.4 is 5.73 Å². The predicted molar refractivity (Wildman–Crippen MR) is 74.3 cm³/mol. The maximum Gasteiger partial charge on any atom is 0.0459 e. The predicted octanol–water partition coefficient (Wildman–Crippen LogP) is 3.79. The SMILES string of the molecule is Cc1[nH]c2ccc(C(C)C)cc2c1C(C)(C)N. The van der Waals surface area contributed by atoms with Gasteiger partial charge in [0.25, 0.3) is 0 Å². The third-order valence-corrected chi connectivity index (χ3v) is 3.32. The van der Waals surface area contributed by atoms with Crippen LogP contribution in [-0.2, 0) is 5.54 Å². The lowest BCUT2D eigenvalue weighted by Gasteiger charge is -2.20. The van der Waals surface area contributed by atoms with Crippen LogP contribution in [0.1, 0.15) is 50.4 Å². The molecule has 0 aliphatic rings. The van der Waals surface area contributed by atoms with Crippen molar-refractivity contribution in [3.63, 3.8) is 0 Å². The molecule has 2 aromatic rings. The van der Waals surface area contributed by atoms with Gasteiger partial charge in [0.15, 0.2) is 0 Å². The number of aryl methyl sites for hydroxylation is 1. The normalized spacial score (nSPS) is 12.6. The molecular formula is C15H22N2. The van der Waals surface area contributed by atoms with Crippen molar-refractivity contribution in [3.8, 4) is 0 Å². The quantitative estimate of drug-likeness (QED) is 0.809. The number of rotatable bonds is 2. The van der Waals surface area contributed by atoms with E-state index in [4.69, 9.17) is 5.73 Å². The lowest BCUT2D eigenvalue weighted by molar-refractivity contribution is 0.555. The van der Waals surface area contributed by atoms with E-state index in [1.165, 1.54) is 27.7 Å². The topological polar surface area (TPSA) is 41.8 Å².